The molecule has 1 saturated heterocycles. The quantitative estimate of drug-likeness (QED) is 0.720. The van der Waals surface area contributed by atoms with Crippen molar-refractivity contribution in [1.29, 1.82) is 0 Å². The molecule has 7 heteroatoms. The van der Waals surface area contributed by atoms with Gasteiger partial charge in [-0.3, -0.25) is 14.6 Å². The highest BCUT2D eigenvalue weighted by Gasteiger charge is 2.22. The number of nitrogens with one attached hydrogen (secondary N) is 1. The van der Waals surface area contributed by atoms with Crippen LogP contribution in [-0.2, 0) is 16.1 Å². The largest absolute Gasteiger partial charge is 0.389 e. The van der Waals surface area contributed by atoms with Crippen LogP contribution in [0.4, 0.5) is 0 Å². The number of ether oxygens (including phenoxy) is 1. The van der Waals surface area contributed by atoms with Crippen molar-refractivity contribution in [3.63, 3.8) is 0 Å². The van der Waals surface area contributed by atoms with Crippen LogP contribution >= 0.6 is 11.3 Å². The van der Waals surface area contributed by atoms with E-state index >= 15 is 0 Å². The molecule has 0 spiro atoms. The first-order valence-corrected chi connectivity index (χ1v) is 9.74. The van der Waals surface area contributed by atoms with Gasteiger partial charge in [-0.1, -0.05) is 6.07 Å². The lowest BCUT2D eigenvalue weighted by Gasteiger charge is -2.35. The summed E-state index contributed by atoms with van der Waals surface area (Å²) in [5.74, 6) is 0.0722. The molecule has 6 nitrogen and oxygen atoms in total. The molecule has 2 heterocycles. The summed E-state index contributed by atoms with van der Waals surface area (Å²) in [7, 11) is 0. The Morgan fingerprint density at radius 3 is 2.60 bits per heavy atom. The highest BCUT2D eigenvalue weighted by Crippen LogP contribution is 2.10. The first kappa shape index (κ1) is 20.3. The molecule has 142 valence electrons. The maximum atomic E-state index is 12.0. The predicted octanol–water partition coefficient (Wildman–Crippen LogP) is 1.16. The van der Waals surface area contributed by atoms with Crippen molar-refractivity contribution in [2.24, 2.45) is 0 Å². The maximum absolute atomic E-state index is 12.0. The SMILES string of the molecule is CC(C)(C)NC(=O)CN1CCN(C[C@@H](O)COCc2cccs2)CC1. The average molecular weight is 370 g/mol. The number of rotatable bonds is 8. The number of carbonyl (C=O) groups is 1. The number of β-amino-alcohol motifs (C(OH)–C–C–N with tert-alkyl or cyclic N) is 1. The predicted molar refractivity (Wildman–Crippen MR) is 101 cm³/mol. The minimum atomic E-state index is -0.476. The third-order valence-electron chi connectivity index (χ3n) is 3.95. The van der Waals surface area contributed by atoms with E-state index in [2.05, 4.69) is 15.1 Å². The molecule has 1 aliphatic rings. The van der Waals surface area contributed by atoms with Crippen LogP contribution in [0, 0.1) is 0 Å². The Kier molecular flexibility index (Phi) is 7.83. The van der Waals surface area contributed by atoms with Gasteiger partial charge in [0.15, 0.2) is 0 Å². The molecule has 1 aliphatic heterocycles. The molecule has 25 heavy (non-hydrogen) atoms. The first-order valence-electron chi connectivity index (χ1n) is 8.86. The Morgan fingerprint density at radius 1 is 1.32 bits per heavy atom. The number of aliphatic hydroxyl groups is 1. The number of piperazine rings is 1. The zero-order valence-corrected chi connectivity index (χ0v) is 16.3. The summed E-state index contributed by atoms with van der Waals surface area (Å²) in [6.07, 6.45) is -0.476. The molecule has 1 fully saturated rings. The summed E-state index contributed by atoms with van der Waals surface area (Å²) in [4.78, 5) is 17.6. The van der Waals surface area contributed by atoms with Crippen molar-refractivity contribution in [3.8, 4) is 0 Å². The molecular weight excluding hydrogens is 338 g/mol. The van der Waals surface area contributed by atoms with E-state index in [1.165, 1.54) is 4.88 Å². The monoisotopic (exact) mass is 369 g/mol. The second-order valence-corrected chi connectivity index (χ2v) is 8.66. The van der Waals surface area contributed by atoms with Gasteiger partial charge in [-0.05, 0) is 32.2 Å². The Balaban J connectivity index is 1.59. The van der Waals surface area contributed by atoms with Crippen LogP contribution in [0.15, 0.2) is 17.5 Å². The highest BCUT2D eigenvalue weighted by atomic mass is 32.1. The van der Waals surface area contributed by atoms with Crippen molar-refractivity contribution in [3.05, 3.63) is 22.4 Å². The summed E-state index contributed by atoms with van der Waals surface area (Å²) < 4.78 is 5.57. The van der Waals surface area contributed by atoms with Gasteiger partial charge >= 0.3 is 0 Å². The van der Waals surface area contributed by atoms with Crippen LogP contribution in [0.25, 0.3) is 0 Å². The number of thiophene rings is 1. The topological polar surface area (TPSA) is 65.0 Å². The number of hydrogen-bond donors (Lipinski definition) is 2. The van der Waals surface area contributed by atoms with E-state index in [4.69, 9.17) is 4.74 Å². The molecule has 0 aliphatic carbocycles. The van der Waals surface area contributed by atoms with E-state index in [0.29, 0.717) is 26.3 Å². The van der Waals surface area contributed by atoms with Crippen LogP contribution in [0.5, 0.6) is 0 Å². The highest BCUT2D eigenvalue weighted by molar-refractivity contribution is 7.09. The molecule has 0 radical (unpaired) electrons. The van der Waals surface area contributed by atoms with Gasteiger partial charge in [0.2, 0.25) is 5.91 Å². The van der Waals surface area contributed by atoms with Gasteiger partial charge in [-0.2, -0.15) is 0 Å². The molecule has 1 aromatic heterocycles. The molecule has 0 bridgehead atoms. The molecule has 0 unspecified atom stereocenters. The van der Waals surface area contributed by atoms with E-state index in [0.717, 1.165) is 26.2 Å². The van der Waals surface area contributed by atoms with E-state index in [9.17, 15) is 9.90 Å². The number of aliphatic hydroxyl groups excluding tert-OH is 1. The van der Waals surface area contributed by atoms with Crippen molar-refractivity contribution >= 4 is 17.2 Å². The van der Waals surface area contributed by atoms with E-state index in [1.807, 2.05) is 38.3 Å². The molecule has 1 amide bonds. The minimum absolute atomic E-state index is 0.0722. The number of nitrogens with zero attached hydrogens (tertiary/aromatic N) is 2. The number of amides is 1. The fraction of sp³-hybridized carbons (Fsp3) is 0.722. The van der Waals surface area contributed by atoms with Crippen LogP contribution in [0.1, 0.15) is 25.6 Å². The summed E-state index contributed by atoms with van der Waals surface area (Å²) in [6, 6.07) is 4.03. The standard InChI is InChI=1S/C18H31N3O3S/c1-18(2,3)19-17(23)12-21-8-6-20(7-9-21)11-15(22)13-24-14-16-5-4-10-25-16/h4-5,10,15,22H,6-9,11-14H2,1-3H3,(H,19,23)/t15-/m1/s1. The van der Waals surface area contributed by atoms with E-state index in [1.54, 1.807) is 11.3 Å². The first-order chi connectivity index (χ1) is 11.8. The van der Waals surface area contributed by atoms with Gasteiger partial charge < -0.3 is 15.2 Å². The molecule has 2 N–H and O–H groups in total. The summed E-state index contributed by atoms with van der Waals surface area (Å²) in [5.41, 5.74) is -0.188. The van der Waals surface area contributed by atoms with Crippen LogP contribution in [0.2, 0.25) is 0 Å². The lowest BCUT2D eigenvalue weighted by molar-refractivity contribution is -0.124. The summed E-state index contributed by atoms with van der Waals surface area (Å²) in [5, 5.41) is 15.1. The van der Waals surface area contributed by atoms with Crippen molar-refractivity contribution < 1.29 is 14.6 Å². The molecule has 2 rings (SSSR count). The van der Waals surface area contributed by atoms with Gasteiger partial charge in [0.05, 0.1) is 25.9 Å². The third-order valence-corrected chi connectivity index (χ3v) is 4.80. The second-order valence-electron chi connectivity index (χ2n) is 7.62. The van der Waals surface area contributed by atoms with Crippen molar-refractivity contribution in [1.82, 2.24) is 15.1 Å². The number of hydrogen-bond acceptors (Lipinski definition) is 6. The third kappa shape index (κ3) is 8.29. The fourth-order valence-corrected chi connectivity index (χ4v) is 3.47. The van der Waals surface area contributed by atoms with Crippen LogP contribution in [0.3, 0.4) is 0 Å². The van der Waals surface area contributed by atoms with Crippen molar-refractivity contribution in [2.75, 3.05) is 45.9 Å². The Bertz CT molecular complexity index is 508. The van der Waals surface area contributed by atoms with Gasteiger partial charge in [0, 0.05) is 43.1 Å². The minimum Gasteiger partial charge on any atom is -0.389 e. The van der Waals surface area contributed by atoms with E-state index in [-0.39, 0.29) is 11.4 Å². The van der Waals surface area contributed by atoms with Gasteiger partial charge in [0.25, 0.3) is 0 Å². The number of carbonyl (C=O) groups excluding carboxylic acids is 1. The summed E-state index contributed by atoms with van der Waals surface area (Å²) >= 11 is 1.66. The zero-order valence-electron chi connectivity index (χ0n) is 15.5. The molecule has 1 atom stereocenters. The zero-order chi connectivity index (χ0) is 18.3. The van der Waals surface area contributed by atoms with Gasteiger partial charge in [-0.15, -0.1) is 11.3 Å². The smallest absolute Gasteiger partial charge is 0.234 e. The lowest BCUT2D eigenvalue weighted by atomic mass is 10.1. The molecule has 1 aromatic rings. The Labute approximate surface area is 154 Å². The van der Waals surface area contributed by atoms with E-state index < -0.39 is 6.10 Å². The molecule has 0 aromatic carbocycles. The fourth-order valence-electron chi connectivity index (χ4n) is 2.83. The van der Waals surface area contributed by atoms with Crippen molar-refractivity contribution in [2.45, 2.75) is 39.0 Å². The molecule has 0 saturated carbocycles. The van der Waals surface area contributed by atoms with Gasteiger partial charge in [0.1, 0.15) is 0 Å². The van der Waals surface area contributed by atoms with Gasteiger partial charge in [-0.25, -0.2) is 0 Å². The lowest BCUT2D eigenvalue weighted by Crippen LogP contribution is -2.52. The maximum Gasteiger partial charge on any atom is 0.234 e. The second kappa shape index (κ2) is 9.64. The Morgan fingerprint density at radius 2 is 2.00 bits per heavy atom. The molecular formula is C18H31N3O3S. The average Bonchev–Trinajstić information content (AvgIpc) is 3.00. The van der Waals surface area contributed by atoms with Crippen LogP contribution in [-0.4, -0.2) is 78.3 Å². The normalized spacial score (nSPS) is 18.2. The summed E-state index contributed by atoms with van der Waals surface area (Å²) in [6.45, 7) is 11.4. The van der Waals surface area contributed by atoms with Crippen LogP contribution < -0.4 is 5.32 Å². The Hall–Kier alpha value is -0.990.